The Morgan fingerprint density at radius 1 is 1.12 bits per heavy atom. The summed E-state index contributed by atoms with van der Waals surface area (Å²) in [6.45, 7) is 0.751. The average Bonchev–Trinajstić information content (AvgIpc) is 3.15. The molecule has 0 saturated heterocycles. The van der Waals surface area contributed by atoms with Crippen molar-refractivity contribution < 1.29 is 0 Å². The number of nitrogens with zero attached hydrogens (tertiary/aromatic N) is 3. The van der Waals surface area contributed by atoms with Gasteiger partial charge in [0.25, 0.3) is 5.56 Å². The molecule has 2 heterocycles. The SMILES string of the molecule is N#Cc1c(N2C=CCC2)c2ccc(Cl)cc2n(-c2ccccc2)c1=O. The fraction of sp³-hybridized carbons (Fsp3) is 0.100. The highest BCUT2D eigenvalue weighted by molar-refractivity contribution is 6.31. The third kappa shape index (κ3) is 2.50. The lowest BCUT2D eigenvalue weighted by atomic mass is 10.1. The standard InChI is InChI=1S/C20H14ClN3O/c21-14-8-9-16-18(12-14)24(15-6-2-1-3-7-15)20(25)17(13-22)19(16)23-10-4-5-11-23/h1-4,6-10,12H,5,11H2. The van der Waals surface area contributed by atoms with Gasteiger partial charge in [0, 0.05) is 28.8 Å². The van der Waals surface area contributed by atoms with E-state index < -0.39 is 0 Å². The van der Waals surface area contributed by atoms with E-state index in [9.17, 15) is 10.1 Å². The monoisotopic (exact) mass is 347 g/mol. The number of fused-ring (bicyclic) bond motifs is 1. The summed E-state index contributed by atoms with van der Waals surface area (Å²) in [7, 11) is 0. The second-order valence-corrected chi connectivity index (χ2v) is 6.28. The lowest BCUT2D eigenvalue weighted by molar-refractivity contribution is 0.980. The second kappa shape index (κ2) is 6.12. The van der Waals surface area contributed by atoms with E-state index in [1.807, 2.05) is 53.6 Å². The molecule has 0 saturated carbocycles. The summed E-state index contributed by atoms with van der Waals surface area (Å²) in [5.41, 5.74) is 1.86. The smallest absolute Gasteiger partial charge is 0.275 e. The maximum Gasteiger partial charge on any atom is 0.275 e. The highest BCUT2D eigenvalue weighted by atomic mass is 35.5. The minimum absolute atomic E-state index is 0.144. The summed E-state index contributed by atoms with van der Waals surface area (Å²) in [6.07, 6.45) is 4.85. The van der Waals surface area contributed by atoms with Gasteiger partial charge < -0.3 is 4.90 Å². The van der Waals surface area contributed by atoms with Crippen LogP contribution in [0.1, 0.15) is 12.0 Å². The molecule has 25 heavy (non-hydrogen) atoms. The normalized spacial score (nSPS) is 13.4. The average molecular weight is 348 g/mol. The number of pyridine rings is 1. The van der Waals surface area contributed by atoms with Crippen LogP contribution in [0, 0.1) is 11.3 Å². The summed E-state index contributed by atoms with van der Waals surface area (Å²) < 4.78 is 1.56. The topological polar surface area (TPSA) is 49.0 Å². The molecular formula is C20H14ClN3O. The molecule has 1 aliphatic heterocycles. The Kier molecular flexibility index (Phi) is 3.79. The predicted octanol–water partition coefficient (Wildman–Crippen LogP) is 4.24. The summed E-state index contributed by atoms with van der Waals surface area (Å²) in [6, 6.07) is 16.9. The molecule has 0 fully saturated rings. The first-order valence-corrected chi connectivity index (χ1v) is 8.35. The van der Waals surface area contributed by atoms with Gasteiger partial charge in [-0.3, -0.25) is 9.36 Å². The Bertz CT molecular complexity index is 1090. The number of anilines is 1. The minimum Gasteiger partial charge on any atom is -0.346 e. The van der Waals surface area contributed by atoms with Gasteiger partial charge in [0.1, 0.15) is 11.6 Å². The van der Waals surface area contributed by atoms with Crippen molar-refractivity contribution in [3.63, 3.8) is 0 Å². The van der Waals surface area contributed by atoms with E-state index in [1.54, 1.807) is 16.7 Å². The van der Waals surface area contributed by atoms with Crippen LogP contribution in [0.25, 0.3) is 16.6 Å². The number of halogens is 1. The first-order chi connectivity index (χ1) is 12.2. The van der Waals surface area contributed by atoms with Crippen LogP contribution in [0.4, 0.5) is 5.69 Å². The van der Waals surface area contributed by atoms with Crippen molar-refractivity contribution in [3.8, 4) is 11.8 Å². The molecule has 2 aromatic carbocycles. The summed E-state index contributed by atoms with van der Waals surface area (Å²) in [5, 5.41) is 11.1. The van der Waals surface area contributed by atoms with Crippen molar-refractivity contribution in [3.05, 3.63) is 81.7 Å². The lowest BCUT2D eigenvalue weighted by Crippen LogP contribution is -2.26. The summed E-state index contributed by atoms with van der Waals surface area (Å²) >= 11 is 6.21. The van der Waals surface area contributed by atoms with Crippen molar-refractivity contribution >= 4 is 28.2 Å². The molecule has 0 unspecified atom stereocenters. The van der Waals surface area contributed by atoms with Gasteiger partial charge in [0.15, 0.2) is 0 Å². The fourth-order valence-corrected chi connectivity index (χ4v) is 3.42. The van der Waals surface area contributed by atoms with Gasteiger partial charge in [-0.1, -0.05) is 35.9 Å². The zero-order valence-corrected chi connectivity index (χ0v) is 14.1. The van der Waals surface area contributed by atoms with Gasteiger partial charge in [-0.15, -0.1) is 0 Å². The van der Waals surface area contributed by atoms with Crippen LogP contribution in [0.3, 0.4) is 0 Å². The quantitative estimate of drug-likeness (QED) is 0.696. The molecule has 0 spiro atoms. The number of aromatic nitrogens is 1. The van der Waals surface area contributed by atoms with E-state index in [0.29, 0.717) is 21.9 Å². The molecule has 4 nitrogen and oxygen atoms in total. The molecule has 122 valence electrons. The zero-order chi connectivity index (χ0) is 17.4. The molecule has 1 aromatic heterocycles. The van der Waals surface area contributed by atoms with Crippen LogP contribution < -0.4 is 10.5 Å². The Labute approximate surface area is 149 Å². The van der Waals surface area contributed by atoms with Crippen LogP contribution in [0.2, 0.25) is 5.02 Å². The molecular weight excluding hydrogens is 334 g/mol. The van der Waals surface area contributed by atoms with Crippen molar-refractivity contribution in [2.24, 2.45) is 0 Å². The van der Waals surface area contributed by atoms with Crippen LogP contribution in [-0.4, -0.2) is 11.1 Å². The highest BCUT2D eigenvalue weighted by Gasteiger charge is 2.22. The number of rotatable bonds is 2. The van der Waals surface area contributed by atoms with Gasteiger partial charge in [0.2, 0.25) is 0 Å². The van der Waals surface area contributed by atoms with E-state index in [0.717, 1.165) is 18.4 Å². The summed E-state index contributed by atoms with van der Waals surface area (Å²) in [4.78, 5) is 15.1. The van der Waals surface area contributed by atoms with Gasteiger partial charge in [-0.05, 0) is 36.8 Å². The van der Waals surface area contributed by atoms with Crippen LogP contribution in [0.5, 0.6) is 0 Å². The molecule has 0 amide bonds. The zero-order valence-electron chi connectivity index (χ0n) is 13.3. The van der Waals surface area contributed by atoms with Crippen LogP contribution in [0.15, 0.2) is 65.6 Å². The largest absolute Gasteiger partial charge is 0.346 e. The van der Waals surface area contributed by atoms with Gasteiger partial charge in [0.05, 0.1) is 11.2 Å². The number of para-hydroxylation sites is 1. The van der Waals surface area contributed by atoms with Gasteiger partial charge in [-0.25, -0.2) is 0 Å². The second-order valence-electron chi connectivity index (χ2n) is 5.84. The lowest BCUT2D eigenvalue weighted by Gasteiger charge is -2.22. The molecule has 5 heteroatoms. The van der Waals surface area contributed by atoms with E-state index in [1.165, 1.54) is 0 Å². The molecule has 1 aliphatic rings. The van der Waals surface area contributed by atoms with E-state index in [4.69, 9.17) is 11.6 Å². The van der Waals surface area contributed by atoms with Crippen molar-refractivity contribution in [2.75, 3.05) is 11.4 Å². The summed E-state index contributed by atoms with van der Waals surface area (Å²) in [5.74, 6) is 0. The minimum atomic E-state index is -0.334. The van der Waals surface area contributed by atoms with Crippen molar-refractivity contribution in [1.29, 1.82) is 5.26 Å². The molecule has 0 aliphatic carbocycles. The Hall–Kier alpha value is -3.03. The maximum atomic E-state index is 13.1. The fourth-order valence-electron chi connectivity index (χ4n) is 3.26. The number of hydrogen-bond acceptors (Lipinski definition) is 3. The molecule has 0 radical (unpaired) electrons. The van der Waals surface area contributed by atoms with Gasteiger partial charge in [-0.2, -0.15) is 5.26 Å². The Balaban J connectivity index is 2.17. The molecule has 0 bridgehead atoms. The van der Waals surface area contributed by atoms with Crippen molar-refractivity contribution in [2.45, 2.75) is 6.42 Å². The highest BCUT2D eigenvalue weighted by Crippen LogP contribution is 2.33. The van der Waals surface area contributed by atoms with E-state index in [2.05, 4.69) is 6.07 Å². The Morgan fingerprint density at radius 2 is 1.92 bits per heavy atom. The first-order valence-electron chi connectivity index (χ1n) is 7.98. The van der Waals surface area contributed by atoms with Crippen LogP contribution >= 0.6 is 11.6 Å². The Morgan fingerprint density at radius 3 is 2.60 bits per heavy atom. The third-order valence-corrected chi connectivity index (χ3v) is 4.58. The number of nitriles is 1. The van der Waals surface area contributed by atoms with E-state index in [-0.39, 0.29) is 11.1 Å². The van der Waals surface area contributed by atoms with Crippen molar-refractivity contribution in [1.82, 2.24) is 4.57 Å². The molecule has 3 aromatic rings. The number of benzene rings is 2. The van der Waals surface area contributed by atoms with Gasteiger partial charge >= 0.3 is 0 Å². The third-order valence-electron chi connectivity index (χ3n) is 4.34. The van der Waals surface area contributed by atoms with E-state index >= 15 is 0 Å². The predicted molar refractivity (Wildman–Crippen MR) is 100 cm³/mol. The van der Waals surface area contributed by atoms with Crippen LogP contribution in [-0.2, 0) is 0 Å². The first kappa shape index (κ1) is 15.5. The number of hydrogen-bond donors (Lipinski definition) is 0. The molecule has 0 atom stereocenters. The maximum absolute atomic E-state index is 13.1. The molecule has 4 rings (SSSR count). The molecule has 0 N–H and O–H groups in total.